The van der Waals surface area contributed by atoms with Gasteiger partial charge in [-0.3, -0.25) is 5.10 Å². The maximum absolute atomic E-state index is 13.3. The van der Waals surface area contributed by atoms with E-state index in [1.807, 2.05) is 39.0 Å². The molecule has 1 fully saturated rings. The van der Waals surface area contributed by atoms with Crippen molar-refractivity contribution >= 4 is 38.8 Å². The molecule has 0 saturated heterocycles. The highest BCUT2D eigenvalue weighted by Gasteiger charge is 2.28. The fraction of sp³-hybridized carbons (Fsp3) is 0.500. The number of sulfone groups is 1. The fourth-order valence-corrected chi connectivity index (χ4v) is 6.90. The molecule has 1 amide bonds. The van der Waals surface area contributed by atoms with Crippen LogP contribution in [0.15, 0.2) is 35.4 Å². The molecule has 11 heteroatoms. The van der Waals surface area contributed by atoms with Crippen molar-refractivity contribution in [3.63, 3.8) is 0 Å². The molecule has 1 saturated carbocycles. The molecule has 9 nitrogen and oxygen atoms in total. The van der Waals surface area contributed by atoms with Crippen molar-refractivity contribution in [3.05, 3.63) is 41.2 Å². The summed E-state index contributed by atoms with van der Waals surface area (Å²) in [5.41, 5.74) is 2.22. The first-order valence-corrected chi connectivity index (χ1v) is 15.0. The normalized spacial score (nSPS) is 18.2. The number of ether oxygens (including phenoxy) is 1. The van der Waals surface area contributed by atoms with Gasteiger partial charge in [-0.05, 0) is 72.4 Å². The van der Waals surface area contributed by atoms with E-state index >= 15 is 0 Å². The highest BCUT2D eigenvalue weighted by Crippen LogP contribution is 2.40. The lowest BCUT2D eigenvalue weighted by atomic mass is 9.86. The third kappa shape index (κ3) is 6.51. The average molecular weight is 546 g/mol. The van der Waals surface area contributed by atoms with E-state index in [2.05, 4.69) is 25.8 Å². The Hall–Kier alpha value is -2.92. The van der Waals surface area contributed by atoms with Gasteiger partial charge in [-0.15, -0.1) is 11.3 Å². The predicted octanol–water partition coefficient (Wildman–Crippen LogP) is 5.93. The number of hydrogen-bond donors (Lipinski definition) is 3. The van der Waals surface area contributed by atoms with Gasteiger partial charge in [0.25, 0.3) is 0 Å². The second kappa shape index (κ2) is 11.2. The van der Waals surface area contributed by atoms with Crippen molar-refractivity contribution in [2.24, 2.45) is 0 Å². The largest absolute Gasteiger partial charge is 0.447 e. The van der Waals surface area contributed by atoms with Gasteiger partial charge in [0.05, 0.1) is 26.1 Å². The topological polar surface area (TPSA) is 126 Å². The van der Waals surface area contributed by atoms with Gasteiger partial charge in [0.2, 0.25) is 0 Å². The molecule has 1 aromatic carbocycles. The van der Waals surface area contributed by atoms with E-state index in [0.29, 0.717) is 17.1 Å². The zero-order chi connectivity index (χ0) is 26.7. The molecule has 0 spiro atoms. The van der Waals surface area contributed by atoms with Gasteiger partial charge in [0.15, 0.2) is 15.7 Å². The van der Waals surface area contributed by atoms with E-state index in [9.17, 15) is 13.2 Å². The second-order valence-corrected chi connectivity index (χ2v) is 13.6. The lowest BCUT2D eigenvalue weighted by molar-refractivity contribution is 0.109. The number of nitrogens with zero attached hydrogens (tertiary/aromatic N) is 2. The smallest absolute Gasteiger partial charge is 0.407 e. The zero-order valence-corrected chi connectivity index (χ0v) is 23.5. The number of carbonyl (C=O) groups excluding carboxylic acids is 1. The summed E-state index contributed by atoms with van der Waals surface area (Å²) in [7, 11) is -3.55. The van der Waals surface area contributed by atoms with Gasteiger partial charge in [0.1, 0.15) is 0 Å². The van der Waals surface area contributed by atoms with Crippen molar-refractivity contribution in [2.45, 2.75) is 88.5 Å². The second-order valence-electron chi connectivity index (χ2n) is 10.1. The van der Waals surface area contributed by atoms with Crippen molar-refractivity contribution in [1.82, 2.24) is 20.5 Å². The quantitative estimate of drug-likeness (QED) is 0.320. The number of carbonyl (C=O) groups is 1. The summed E-state index contributed by atoms with van der Waals surface area (Å²) in [6, 6.07) is 7.35. The Morgan fingerprint density at radius 2 is 1.86 bits per heavy atom. The lowest BCUT2D eigenvalue weighted by Gasteiger charge is -2.28. The Labute approximate surface area is 222 Å². The first-order valence-electron chi connectivity index (χ1n) is 12.6. The summed E-state index contributed by atoms with van der Waals surface area (Å²) in [6.45, 7) is 8.95. The van der Waals surface area contributed by atoms with Gasteiger partial charge in [0, 0.05) is 41.2 Å². The number of aromatic nitrogens is 3. The summed E-state index contributed by atoms with van der Waals surface area (Å²) in [6.07, 6.45) is 4.79. The molecule has 2 aromatic heterocycles. The van der Waals surface area contributed by atoms with Gasteiger partial charge >= 0.3 is 6.09 Å². The molecular formula is C26H35N5O4S2. The first-order chi connectivity index (χ1) is 17.5. The van der Waals surface area contributed by atoms with E-state index in [1.54, 1.807) is 37.4 Å². The van der Waals surface area contributed by atoms with Crippen LogP contribution in [0.5, 0.6) is 0 Å². The molecule has 0 aliphatic heterocycles. The SMILES string of the molecule is Cc1cc(Nc2ccc(-c3cnc([C@H]4CC[C@H](NC(=O)OC(C)C)CC4)s3)c(S(=O)(=O)C(C)C)c2)n[nH]1. The van der Waals surface area contributed by atoms with Crippen molar-refractivity contribution in [2.75, 3.05) is 5.32 Å². The van der Waals surface area contributed by atoms with E-state index < -0.39 is 15.1 Å². The van der Waals surface area contributed by atoms with Crippen LogP contribution in [0.2, 0.25) is 0 Å². The number of anilines is 2. The van der Waals surface area contributed by atoms with Crippen LogP contribution >= 0.6 is 11.3 Å². The summed E-state index contributed by atoms with van der Waals surface area (Å²) in [4.78, 5) is 17.7. The number of benzene rings is 1. The minimum absolute atomic E-state index is 0.100. The summed E-state index contributed by atoms with van der Waals surface area (Å²) >= 11 is 1.55. The third-order valence-electron chi connectivity index (χ3n) is 6.42. The summed E-state index contributed by atoms with van der Waals surface area (Å²) < 4.78 is 31.8. The van der Waals surface area contributed by atoms with Crippen LogP contribution in [0.4, 0.5) is 16.3 Å². The number of amides is 1. The molecule has 0 atom stereocenters. The van der Waals surface area contributed by atoms with E-state index in [0.717, 1.165) is 41.3 Å². The van der Waals surface area contributed by atoms with Crippen molar-refractivity contribution < 1.29 is 17.9 Å². The standard InChI is InChI=1S/C26H35N5O4S2/c1-15(2)35-26(32)29-19-8-6-18(7-9-19)25-27-14-22(36-25)21-11-10-20(28-24-12-17(5)30-31-24)13-23(21)37(33,34)16(3)4/h10-16,18-19H,6-9H2,1-5H3,(H,29,32)(H2,28,30,31)/t18-,19-. The van der Waals surface area contributed by atoms with Crippen molar-refractivity contribution in [3.8, 4) is 10.4 Å². The molecule has 0 radical (unpaired) electrons. The maximum Gasteiger partial charge on any atom is 0.407 e. The zero-order valence-electron chi connectivity index (χ0n) is 21.9. The Kier molecular flexibility index (Phi) is 8.23. The van der Waals surface area contributed by atoms with Gasteiger partial charge in [-0.1, -0.05) is 6.07 Å². The predicted molar refractivity (Wildman–Crippen MR) is 146 cm³/mol. The van der Waals surface area contributed by atoms with Crippen LogP contribution in [-0.2, 0) is 14.6 Å². The molecule has 3 N–H and O–H groups in total. The molecule has 4 rings (SSSR count). The summed E-state index contributed by atoms with van der Waals surface area (Å²) in [5, 5.41) is 13.6. The molecule has 1 aliphatic carbocycles. The Balaban J connectivity index is 1.53. The van der Waals surface area contributed by atoms with Crippen LogP contribution in [-0.4, -0.2) is 47.1 Å². The highest BCUT2D eigenvalue weighted by molar-refractivity contribution is 7.92. The average Bonchev–Trinajstić information content (AvgIpc) is 3.48. The summed E-state index contributed by atoms with van der Waals surface area (Å²) in [5.74, 6) is 0.910. The van der Waals surface area contributed by atoms with Crippen LogP contribution in [0, 0.1) is 6.92 Å². The Bertz CT molecular complexity index is 1340. The van der Waals surface area contributed by atoms with Crippen LogP contribution in [0.1, 0.15) is 70.0 Å². The Morgan fingerprint density at radius 1 is 1.14 bits per heavy atom. The van der Waals surface area contributed by atoms with Gasteiger partial charge in [-0.25, -0.2) is 18.2 Å². The maximum atomic E-state index is 13.3. The molecule has 0 bridgehead atoms. The fourth-order valence-electron chi connectivity index (χ4n) is 4.42. The number of aromatic amines is 1. The Morgan fingerprint density at radius 3 is 2.49 bits per heavy atom. The molecule has 2 heterocycles. The van der Waals surface area contributed by atoms with Crippen LogP contribution in [0.25, 0.3) is 10.4 Å². The van der Waals surface area contributed by atoms with E-state index in [-0.39, 0.29) is 29.1 Å². The minimum Gasteiger partial charge on any atom is -0.447 e. The molecule has 1 aliphatic rings. The molecular weight excluding hydrogens is 510 g/mol. The molecule has 37 heavy (non-hydrogen) atoms. The monoisotopic (exact) mass is 545 g/mol. The molecule has 200 valence electrons. The number of H-pyrrole nitrogens is 1. The number of hydrogen-bond acceptors (Lipinski definition) is 8. The lowest BCUT2D eigenvalue weighted by Crippen LogP contribution is -2.38. The van der Waals surface area contributed by atoms with Crippen molar-refractivity contribution in [1.29, 1.82) is 0 Å². The minimum atomic E-state index is -3.55. The third-order valence-corrected chi connectivity index (χ3v) is 9.80. The molecule has 3 aromatic rings. The number of nitrogens with one attached hydrogen (secondary N) is 3. The van der Waals surface area contributed by atoms with Crippen LogP contribution < -0.4 is 10.6 Å². The number of thiazole rings is 1. The first kappa shape index (κ1) is 27.1. The van der Waals surface area contributed by atoms with Crippen LogP contribution in [0.3, 0.4) is 0 Å². The molecule has 0 unspecified atom stereocenters. The number of rotatable bonds is 8. The van der Waals surface area contributed by atoms with E-state index in [1.165, 1.54) is 0 Å². The number of aryl methyl sites for hydroxylation is 1. The highest BCUT2D eigenvalue weighted by atomic mass is 32.2. The van der Waals surface area contributed by atoms with Gasteiger partial charge in [-0.2, -0.15) is 5.10 Å². The number of alkyl carbamates (subject to hydrolysis) is 1. The van der Waals surface area contributed by atoms with E-state index in [4.69, 9.17) is 4.74 Å². The van der Waals surface area contributed by atoms with Gasteiger partial charge < -0.3 is 15.4 Å².